The maximum Gasteiger partial charge on any atom is 0.293 e. The van der Waals surface area contributed by atoms with E-state index in [1.54, 1.807) is 0 Å². The maximum absolute atomic E-state index is 10.1. The Balaban J connectivity index is 3.10. The van der Waals surface area contributed by atoms with Gasteiger partial charge in [-0.1, -0.05) is 0 Å². The van der Waals surface area contributed by atoms with Crippen LogP contribution in [0.3, 0.4) is 0 Å². The van der Waals surface area contributed by atoms with Crippen LogP contribution in [0, 0.1) is 6.57 Å². The molecule has 0 aliphatic rings. The Morgan fingerprint density at radius 3 is 2.60 bits per heavy atom. The second-order valence-corrected chi connectivity index (χ2v) is 4.29. The third-order valence-electron chi connectivity index (χ3n) is 1.78. The molecule has 15 heavy (non-hydrogen) atoms. The van der Waals surface area contributed by atoms with Crippen LogP contribution in [0.5, 0.6) is 0 Å². The number of carbonyl (C=O) groups excluding carboxylic acids is 1. The number of halogens is 2. The highest BCUT2D eigenvalue weighted by Crippen LogP contribution is 2.38. The van der Waals surface area contributed by atoms with Crippen molar-refractivity contribution >= 4 is 46.7 Å². The molecule has 0 saturated heterocycles. The van der Waals surface area contributed by atoms with Crippen molar-refractivity contribution in [3.8, 4) is 0 Å². The van der Waals surface area contributed by atoms with E-state index in [4.69, 9.17) is 29.8 Å². The molecule has 0 fully saturated rings. The van der Waals surface area contributed by atoms with Gasteiger partial charge in [0.25, 0.3) is 6.47 Å². The normalized spacial score (nSPS) is 9.67. The molecular formula is C9H7Cl2NO2S. The first-order chi connectivity index (χ1) is 7.28. The Morgan fingerprint density at radius 1 is 1.40 bits per heavy atom. The smallest absolute Gasteiger partial charge is 0.293 e. The Hall–Kier alpha value is -0.760. The largest absolute Gasteiger partial charge is 0.464 e. The molecule has 0 aliphatic carbocycles. The van der Waals surface area contributed by atoms with E-state index in [-0.39, 0.29) is 12.5 Å². The summed E-state index contributed by atoms with van der Waals surface area (Å²) in [6, 6.07) is 0. The van der Waals surface area contributed by atoms with Crippen molar-refractivity contribution in [1.29, 1.82) is 0 Å². The summed E-state index contributed by atoms with van der Waals surface area (Å²) in [6.45, 7) is 7.50. The molecule has 0 atom stereocenters. The number of rotatable bonds is 5. The van der Waals surface area contributed by atoms with Gasteiger partial charge in [-0.2, -0.15) is 11.3 Å². The van der Waals surface area contributed by atoms with E-state index in [0.717, 1.165) is 10.4 Å². The molecule has 0 amide bonds. The van der Waals surface area contributed by atoms with E-state index in [1.165, 1.54) is 11.3 Å². The second-order valence-electron chi connectivity index (χ2n) is 2.56. The molecule has 3 nitrogen and oxygen atoms in total. The average molecular weight is 264 g/mol. The zero-order chi connectivity index (χ0) is 11.3. The maximum atomic E-state index is 10.1. The van der Waals surface area contributed by atoms with Gasteiger partial charge in [0.05, 0.1) is 12.5 Å². The molecule has 1 rings (SSSR count). The third kappa shape index (κ3) is 2.63. The van der Waals surface area contributed by atoms with Crippen molar-refractivity contribution in [2.45, 2.75) is 18.4 Å². The summed E-state index contributed by atoms with van der Waals surface area (Å²) < 4.78 is 4.62. The highest BCUT2D eigenvalue weighted by Gasteiger charge is 2.17. The lowest BCUT2D eigenvalue weighted by molar-refractivity contribution is -0.129. The number of hydrogen-bond acceptors (Lipinski definition) is 3. The van der Waals surface area contributed by atoms with Crippen molar-refractivity contribution < 1.29 is 9.53 Å². The minimum atomic E-state index is 0.104. The van der Waals surface area contributed by atoms with Gasteiger partial charge in [-0.05, 0) is 5.56 Å². The average Bonchev–Trinajstić information content (AvgIpc) is 2.62. The number of nitrogens with zero attached hydrogens (tertiary/aromatic N) is 1. The first kappa shape index (κ1) is 12.3. The summed E-state index contributed by atoms with van der Waals surface area (Å²) in [7, 11) is 0. The van der Waals surface area contributed by atoms with Crippen LogP contribution >= 0.6 is 34.5 Å². The summed E-state index contributed by atoms with van der Waals surface area (Å²) in [5.41, 5.74) is 1.21. The first-order valence-corrected chi connectivity index (χ1v) is 5.85. The predicted molar refractivity (Wildman–Crippen MR) is 60.5 cm³/mol. The van der Waals surface area contributed by atoms with E-state index < -0.39 is 0 Å². The fraction of sp³-hybridized carbons (Fsp3) is 0.333. The van der Waals surface area contributed by atoms with Crippen LogP contribution in [0.2, 0.25) is 0 Å². The molecule has 0 saturated carbocycles. The number of ether oxygens (including phenoxy) is 1. The highest BCUT2D eigenvalue weighted by molar-refractivity contribution is 7.13. The van der Waals surface area contributed by atoms with Crippen molar-refractivity contribution in [1.82, 2.24) is 0 Å². The zero-order valence-corrected chi connectivity index (χ0v) is 9.95. The minimum Gasteiger partial charge on any atom is -0.464 e. The summed E-state index contributed by atoms with van der Waals surface area (Å²) in [6.07, 6.45) is 0. The fourth-order valence-corrected chi connectivity index (χ4v) is 2.87. The van der Waals surface area contributed by atoms with Gasteiger partial charge >= 0.3 is 0 Å². The van der Waals surface area contributed by atoms with Gasteiger partial charge in [-0.3, -0.25) is 4.79 Å². The molecule has 1 heterocycles. The molecule has 0 aliphatic heterocycles. The molecule has 0 radical (unpaired) electrons. The Labute approximate surface area is 101 Å². The van der Waals surface area contributed by atoms with Crippen LogP contribution in [0.4, 0.5) is 5.69 Å². The van der Waals surface area contributed by atoms with E-state index in [0.29, 0.717) is 22.9 Å². The monoisotopic (exact) mass is 263 g/mol. The van der Waals surface area contributed by atoms with Crippen LogP contribution in [-0.2, 0) is 27.9 Å². The van der Waals surface area contributed by atoms with Crippen molar-refractivity contribution in [2.24, 2.45) is 0 Å². The van der Waals surface area contributed by atoms with Crippen LogP contribution < -0.4 is 0 Å². The summed E-state index contributed by atoms with van der Waals surface area (Å²) >= 11 is 12.8. The van der Waals surface area contributed by atoms with Gasteiger partial charge in [-0.15, -0.1) is 23.2 Å². The number of carbonyl (C=O) groups is 1. The van der Waals surface area contributed by atoms with Crippen molar-refractivity contribution in [3.63, 3.8) is 0 Å². The number of alkyl halides is 2. The molecule has 6 heteroatoms. The van der Waals surface area contributed by atoms with Gasteiger partial charge < -0.3 is 4.74 Å². The van der Waals surface area contributed by atoms with Gasteiger partial charge in [-0.25, -0.2) is 4.85 Å². The fourth-order valence-electron chi connectivity index (χ4n) is 1.14. The van der Waals surface area contributed by atoms with E-state index >= 15 is 0 Å². The second kappa shape index (κ2) is 5.96. The van der Waals surface area contributed by atoms with E-state index in [2.05, 4.69) is 9.58 Å². The summed E-state index contributed by atoms with van der Waals surface area (Å²) in [4.78, 5) is 15.0. The van der Waals surface area contributed by atoms with Crippen molar-refractivity contribution in [2.75, 3.05) is 0 Å². The van der Waals surface area contributed by atoms with Gasteiger partial charge in [0.1, 0.15) is 6.61 Å². The summed E-state index contributed by atoms with van der Waals surface area (Å²) in [5.74, 6) is 0.563. The number of thiophene rings is 1. The SMILES string of the molecule is [C-]#[N+]c1c(COC=O)sc(CCl)c1CCl. The number of hydrogen-bond donors (Lipinski definition) is 0. The lowest BCUT2D eigenvalue weighted by Crippen LogP contribution is -1.86. The van der Waals surface area contributed by atoms with Crippen LogP contribution in [0.1, 0.15) is 15.3 Å². The van der Waals surface area contributed by atoms with Crippen molar-refractivity contribution in [3.05, 3.63) is 26.7 Å². The highest BCUT2D eigenvalue weighted by atomic mass is 35.5. The molecule has 0 bridgehead atoms. The van der Waals surface area contributed by atoms with Crippen LogP contribution in [0.15, 0.2) is 0 Å². The Kier molecular flexibility index (Phi) is 4.89. The molecular weight excluding hydrogens is 257 g/mol. The first-order valence-electron chi connectivity index (χ1n) is 3.96. The van der Waals surface area contributed by atoms with Crippen LogP contribution in [0.25, 0.3) is 4.85 Å². The molecule has 0 aromatic carbocycles. The third-order valence-corrected chi connectivity index (χ3v) is 3.67. The molecule has 1 aromatic rings. The van der Waals surface area contributed by atoms with Gasteiger partial charge in [0, 0.05) is 15.6 Å². The Morgan fingerprint density at radius 2 is 2.13 bits per heavy atom. The lowest BCUT2D eigenvalue weighted by atomic mass is 10.2. The zero-order valence-electron chi connectivity index (χ0n) is 7.63. The lowest BCUT2D eigenvalue weighted by Gasteiger charge is -1.96. The molecule has 0 unspecified atom stereocenters. The van der Waals surface area contributed by atoms with E-state index in [9.17, 15) is 4.79 Å². The molecule has 1 aromatic heterocycles. The molecule has 80 valence electrons. The predicted octanol–water partition coefficient (Wildman–Crippen LogP) is 3.45. The minimum absolute atomic E-state index is 0.104. The Bertz CT molecular complexity index is 398. The van der Waals surface area contributed by atoms with Crippen LogP contribution in [-0.4, -0.2) is 6.47 Å². The quantitative estimate of drug-likeness (QED) is 0.463. The standard InChI is InChI=1S/C9H7Cl2NO2S/c1-12-9-6(2-10)7(3-11)15-8(9)4-14-5-13/h5H,2-4H2. The van der Waals surface area contributed by atoms with Gasteiger partial charge in [0.2, 0.25) is 5.69 Å². The van der Waals surface area contributed by atoms with Gasteiger partial charge in [0.15, 0.2) is 0 Å². The summed E-state index contributed by atoms with van der Waals surface area (Å²) in [5, 5.41) is 0. The molecule has 0 spiro atoms. The van der Waals surface area contributed by atoms with E-state index in [1.807, 2.05) is 0 Å². The molecule has 0 N–H and O–H groups in total. The topological polar surface area (TPSA) is 30.7 Å².